The van der Waals surface area contributed by atoms with Crippen LogP contribution in [0.4, 0.5) is 0 Å². The van der Waals surface area contributed by atoms with Crippen LogP contribution in [-0.2, 0) is 0 Å². The third-order valence-electron chi connectivity index (χ3n) is 2.20. The molecule has 0 saturated carbocycles. The van der Waals surface area contributed by atoms with Crippen LogP contribution in [0.15, 0.2) is 23.8 Å². The molecular formula is C11H19Na. The molecule has 1 aliphatic carbocycles. The topological polar surface area (TPSA) is 0 Å². The van der Waals surface area contributed by atoms with Gasteiger partial charge in [0.1, 0.15) is 0 Å². The van der Waals surface area contributed by atoms with Crippen molar-refractivity contribution in [1.29, 1.82) is 0 Å². The SMILES string of the molecule is CCCCCCC1=CC=CC1.[H-].[Na+]. The Kier molecular flexibility index (Phi) is 8.42. The van der Waals surface area contributed by atoms with Gasteiger partial charge in [-0.15, -0.1) is 0 Å². The van der Waals surface area contributed by atoms with Crippen molar-refractivity contribution < 1.29 is 31.0 Å². The van der Waals surface area contributed by atoms with E-state index < -0.39 is 0 Å². The van der Waals surface area contributed by atoms with Crippen LogP contribution in [0.1, 0.15) is 46.9 Å². The van der Waals surface area contributed by atoms with Gasteiger partial charge in [-0.2, -0.15) is 0 Å². The van der Waals surface area contributed by atoms with Gasteiger partial charge in [-0.25, -0.2) is 0 Å². The predicted molar refractivity (Wildman–Crippen MR) is 51.7 cm³/mol. The van der Waals surface area contributed by atoms with Gasteiger partial charge in [-0.1, -0.05) is 50.0 Å². The smallest absolute Gasteiger partial charge is 1.00 e. The molecule has 0 bridgehead atoms. The van der Waals surface area contributed by atoms with Crippen LogP contribution in [0.3, 0.4) is 0 Å². The molecule has 0 spiro atoms. The Labute approximate surface area is 99.9 Å². The molecule has 0 amide bonds. The normalized spacial score (nSPS) is 14.2. The molecule has 0 saturated heterocycles. The molecule has 0 aromatic heterocycles. The number of unbranched alkanes of at least 4 members (excludes halogenated alkanes) is 3. The van der Waals surface area contributed by atoms with Crippen molar-refractivity contribution in [3.8, 4) is 0 Å². The van der Waals surface area contributed by atoms with E-state index >= 15 is 0 Å². The van der Waals surface area contributed by atoms with E-state index in [9.17, 15) is 0 Å². The summed E-state index contributed by atoms with van der Waals surface area (Å²) in [5, 5.41) is 0. The summed E-state index contributed by atoms with van der Waals surface area (Å²) in [6, 6.07) is 0. The van der Waals surface area contributed by atoms with Crippen molar-refractivity contribution >= 4 is 0 Å². The fourth-order valence-electron chi connectivity index (χ4n) is 1.46. The molecule has 0 atom stereocenters. The third kappa shape index (κ3) is 5.18. The van der Waals surface area contributed by atoms with Crippen molar-refractivity contribution in [2.24, 2.45) is 0 Å². The first-order valence-corrected chi connectivity index (χ1v) is 4.78. The largest absolute Gasteiger partial charge is 1.00 e. The molecule has 12 heavy (non-hydrogen) atoms. The van der Waals surface area contributed by atoms with E-state index in [1.165, 1.54) is 38.5 Å². The number of hydrogen-bond donors (Lipinski definition) is 0. The van der Waals surface area contributed by atoms with E-state index in [4.69, 9.17) is 0 Å². The molecule has 0 aromatic rings. The Morgan fingerprint density at radius 1 is 1.33 bits per heavy atom. The minimum absolute atomic E-state index is 0. The minimum atomic E-state index is 0. The minimum Gasteiger partial charge on any atom is -1.00 e. The maximum absolute atomic E-state index is 2.27. The van der Waals surface area contributed by atoms with E-state index in [0.29, 0.717) is 0 Å². The number of rotatable bonds is 5. The van der Waals surface area contributed by atoms with Crippen molar-refractivity contribution in [1.82, 2.24) is 0 Å². The monoisotopic (exact) mass is 174 g/mol. The number of hydrogen-bond acceptors (Lipinski definition) is 0. The van der Waals surface area contributed by atoms with Crippen molar-refractivity contribution in [2.45, 2.75) is 45.4 Å². The zero-order valence-electron chi connectivity index (χ0n) is 9.47. The van der Waals surface area contributed by atoms with Gasteiger partial charge in [-0.05, 0) is 19.3 Å². The second kappa shape index (κ2) is 8.10. The van der Waals surface area contributed by atoms with E-state index in [1.807, 2.05) is 0 Å². The summed E-state index contributed by atoms with van der Waals surface area (Å²) in [6.45, 7) is 2.26. The fraction of sp³-hybridized carbons (Fsp3) is 0.636. The van der Waals surface area contributed by atoms with E-state index in [0.717, 1.165) is 0 Å². The molecule has 0 heterocycles. The molecule has 1 heteroatoms. The first kappa shape index (κ1) is 12.5. The summed E-state index contributed by atoms with van der Waals surface area (Å²) in [5.74, 6) is 0. The zero-order valence-corrected chi connectivity index (χ0v) is 10.5. The van der Waals surface area contributed by atoms with E-state index in [2.05, 4.69) is 25.2 Å². The maximum atomic E-state index is 2.27. The summed E-state index contributed by atoms with van der Waals surface area (Å²) < 4.78 is 0. The van der Waals surface area contributed by atoms with Gasteiger partial charge in [0.2, 0.25) is 0 Å². The molecule has 1 rings (SSSR count). The van der Waals surface area contributed by atoms with Crippen LogP contribution in [0.5, 0.6) is 0 Å². The maximum Gasteiger partial charge on any atom is 1.00 e. The van der Waals surface area contributed by atoms with Crippen LogP contribution < -0.4 is 29.6 Å². The number of allylic oxidation sites excluding steroid dienone is 4. The summed E-state index contributed by atoms with van der Waals surface area (Å²) >= 11 is 0. The summed E-state index contributed by atoms with van der Waals surface area (Å²) in [7, 11) is 0. The molecule has 0 nitrogen and oxygen atoms in total. The van der Waals surface area contributed by atoms with Crippen LogP contribution in [0, 0.1) is 0 Å². The van der Waals surface area contributed by atoms with Crippen molar-refractivity contribution in [3.63, 3.8) is 0 Å². The molecule has 64 valence electrons. The van der Waals surface area contributed by atoms with Crippen LogP contribution in [0.2, 0.25) is 0 Å². The third-order valence-corrected chi connectivity index (χ3v) is 2.20. The van der Waals surface area contributed by atoms with Crippen LogP contribution in [0.25, 0.3) is 0 Å². The van der Waals surface area contributed by atoms with E-state index in [-0.39, 0.29) is 31.0 Å². The molecule has 0 fully saturated rings. The van der Waals surface area contributed by atoms with Gasteiger partial charge >= 0.3 is 29.6 Å². The van der Waals surface area contributed by atoms with Gasteiger partial charge in [0.15, 0.2) is 0 Å². The summed E-state index contributed by atoms with van der Waals surface area (Å²) in [5.41, 5.74) is 1.63. The molecule has 0 N–H and O–H groups in total. The predicted octanol–water partition coefficient (Wildman–Crippen LogP) is 0.960. The van der Waals surface area contributed by atoms with Crippen LogP contribution >= 0.6 is 0 Å². The Balaban J connectivity index is 0. The average Bonchev–Trinajstić information content (AvgIpc) is 2.50. The Bertz CT molecular complexity index is 161. The van der Waals surface area contributed by atoms with Gasteiger partial charge in [0.05, 0.1) is 0 Å². The fourth-order valence-corrected chi connectivity index (χ4v) is 1.46. The Hall–Kier alpha value is 0.480. The summed E-state index contributed by atoms with van der Waals surface area (Å²) in [4.78, 5) is 0. The second-order valence-electron chi connectivity index (χ2n) is 3.27. The Morgan fingerprint density at radius 3 is 2.75 bits per heavy atom. The molecular weight excluding hydrogens is 155 g/mol. The molecule has 0 aromatic carbocycles. The van der Waals surface area contributed by atoms with Crippen molar-refractivity contribution in [2.75, 3.05) is 0 Å². The average molecular weight is 174 g/mol. The first-order chi connectivity index (χ1) is 5.43. The van der Waals surface area contributed by atoms with Crippen molar-refractivity contribution in [3.05, 3.63) is 23.8 Å². The summed E-state index contributed by atoms with van der Waals surface area (Å²) in [6.07, 6.45) is 14.8. The Morgan fingerprint density at radius 2 is 2.17 bits per heavy atom. The van der Waals surface area contributed by atoms with Gasteiger partial charge < -0.3 is 1.43 Å². The van der Waals surface area contributed by atoms with Gasteiger partial charge in [-0.3, -0.25) is 0 Å². The molecule has 0 radical (unpaired) electrons. The molecule has 0 unspecified atom stereocenters. The molecule has 1 aliphatic rings. The van der Waals surface area contributed by atoms with Gasteiger partial charge in [0.25, 0.3) is 0 Å². The van der Waals surface area contributed by atoms with Gasteiger partial charge in [0, 0.05) is 0 Å². The van der Waals surface area contributed by atoms with Crippen LogP contribution in [-0.4, -0.2) is 0 Å². The molecule has 0 aliphatic heterocycles. The standard InChI is InChI=1S/C11H18.Na.H/c1-2-3-4-5-8-11-9-6-7-10-11;;/h6-7,9H,2-5,8,10H2,1H3;;/q;+1;-1. The second-order valence-corrected chi connectivity index (χ2v) is 3.27. The quantitative estimate of drug-likeness (QED) is 0.430. The first-order valence-electron chi connectivity index (χ1n) is 4.78. The zero-order chi connectivity index (χ0) is 7.94. The van der Waals surface area contributed by atoms with E-state index in [1.54, 1.807) is 5.57 Å².